The first kappa shape index (κ1) is 18.7. The van der Waals surface area contributed by atoms with Crippen molar-refractivity contribution < 1.29 is 23.8 Å². The van der Waals surface area contributed by atoms with Gasteiger partial charge in [-0.3, -0.25) is 0 Å². The van der Waals surface area contributed by atoms with E-state index < -0.39 is 11.6 Å². The van der Waals surface area contributed by atoms with E-state index in [4.69, 9.17) is 9.47 Å². The van der Waals surface area contributed by atoms with Crippen LogP contribution in [0.4, 0.5) is 4.39 Å². The Labute approximate surface area is 154 Å². The molecule has 5 heteroatoms. The number of aryl methyl sites for hydroxylation is 1. The molecule has 1 aliphatic heterocycles. The number of esters is 1. The Morgan fingerprint density at radius 2 is 2.08 bits per heavy atom. The molecule has 0 spiro atoms. The van der Waals surface area contributed by atoms with Crippen LogP contribution in [-0.4, -0.2) is 22.8 Å². The molecule has 1 heterocycles. The van der Waals surface area contributed by atoms with E-state index in [2.05, 4.69) is 0 Å². The minimum absolute atomic E-state index is 0.0833. The SMILES string of the molecule is CC(C)Oc1ccc(CC[C@@]2(C3CCCC3)CC(O)=CC(=O)O2)cc1F. The third-order valence-electron chi connectivity index (χ3n) is 5.36. The molecule has 2 aliphatic rings. The molecule has 4 nitrogen and oxygen atoms in total. The summed E-state index contributed by atoms with van der Waals surface area (Å²) in [5, 5.41) is 10.0. The van der Waals surface area contributed by atoms with Crippen molar-refractivity contribution in [2.75, 3.05) is 0 Å². The summed E-state index contributed by atoms with van der Waals surface area (Å²) < 4.78 is 25.4. The van der Waals surface area contributed by atoms with Gasteiger partial charge in [0.1, 0.15) is 11.4 Å². The highest BCUT2D eigenvalue weighted by Crippen LogP contribution is 2.44. The fourth-order valence-corrected chi connectivity index (χ4v) is 4.19. The van der Waals surface area contributed by atoms with Gasteiger partial charge in [0.25, 0.3) is 0 Å². The summed E-state index contributed by atoms with van der Waals surface area (Å²) in [6.45, 7) is 3.71. The monoisotopic (exact) mass is 362 g/mol. The van der Waals surface area contributed by atoms with Crippen LogP contribution < -0.4 is 4.74 Å². The van der Waals surface area contributed by atoms with Gasteiger partial charge in [-0.25, -0.2) is 9.18 Å². The maximum atomic E-state index is 14.2. The number of rotatable bonds is 6. The maximum Gasteiger partial charge on any atom is 0.334 e. The van der Waals surface area contributed by atoms with Crippen molar-refractivity contribution in [2.45, 2.75) is 70.5 Å². The number of carbonyl (C=O) groups is 1. The highest BCUT2D eigenvalue weighted by Gasteiger charge is 2.45. The Morgan fingerprint density at radius 3 is 2.69 bits per heavy atom. The molecule has 26 heavy (non-hydrogen) atoms. The fraction of sp³-hybridized carbons (Fsp3) is 0.571. The van der Waals surface area contributed by atoms with Gasteiger partial charge in [-0.15, -0.1) is 0 Å². The molecule has 3 rings (SSSR count). The maximum absolute atomic E-state index is 14.2. The Kier molecular flexibility index (Phi) is 5.54. The second-order valence-corrected chi connectivity index (χ2v) is 7.71. The summed E-state index contributed by atoms with van der Waals surface area (Å²) in [4.78, 5) is 11.9. The smallest absolute Gasteiger partial charge is 0.334 e. The fourth-order valence-electron chi connectivity index (χ4n) is 4.19. The number of cyclic esters (lactones) is 1. The lowest BCUT2D eigenvalue weighted by Crippen LogP contribution is -2.44. The van der Waals surface area contributed by atoms with Gasteiger partial charge in [0.05, 0.1) is 12.2 Å². The lowest BCUT2D eigenvalue weighted by Gasteiger charge is -2.40. The van der Waals surface area contributed by atoms with Crippen molar-refractivity contribution in [3.8, 4) is 5.75 Å². The van der Waals surface area contributed by atoms with Crippen molar-refractivity contribution in [1.82, 2.24) is 0 Å². The molecule has 0 amide bonds. The number of halogens is 1. The molecule has 0 bridgehead atoms. The number of hydrogen-bond acceptors (Lipinski definition) is 4. The predicted molar refractivity (Wildman–Crippen MR) is 96.6 cm³/mol. The van der Waals surface area contributed by atoms with E-state index in [1.54, 1.807) is 6.07 Å². The van der Waals surface area contributed by atoms with E-state index in [9.17, 15) is 14.3 Å². The molecule has 0 unspecified atom stereocenters. The third kappa shape index (κ3) is 4.19. The molecule has 1 aliphatic carbocycles. The second kappa shape index (κ2) is 7.68. The van der Waals surface area contributed by atoms with Crippen LogP contribution in [0.5, 0.6) is 5.75 Å². The first-order valence-electron chi connectivity index (χ1n) is 9.45. The molecule has 0 aromatic heterocycles. The topological polar surface area (TPSA) is 55.8 Å². The van der Waals surface area contributed by atoms with Crippen LogP contribution in [0.25, 0.3) is 0 Å². The Morgan fingerprint density at radius 1 is 1.35 bits per heavy atom. The molecule has 0 radical (unpaired) electrons. The van der Waals surface area contributed by atoms with Crippen molar-refractivity contribution in [2.24, 2.45) is 5.92 Å². The summed E-state index contributed by atoms with van der Waals surface area (Å²) in [6, 6.07) is 4.99. The standard InChI is InChI=1S/C21H27FO4/c1-14(2)25-19-8-7-15(11-18(19)22)9-10-21(16-5-3-4-6-16)13-17(23)12-20(24)26-21/h7-8,11-12,14,16,23H,3-6,9-10,13H2,1-2H3/t21-/m0/s1. The first-order valence-corrected chi connectivity index (χ1v) is 9.45. The summed E-state index contributed by atoms with van der Waals surface area (Å²) in [7, 11) is 0. The molecule has 1 saturated carbocycles. The molecule has 0 saturated heterocycles. The van der Waals surface area contributed by atoms with Gasteiger partial charge < -0.3 is 14.6 Å². The Hall–Kier alpha value is -2.04. The van der Waals surface area contributed by atoms with Gasteiger partial charge in [0.15, 0.2) is 11.6 Å². The predicted octanol–water partition coefficient (Wildman–Crippen LogP) is 4.86. The third-order valence-corrected chi connectivity index (χ3v) is 5.36. The van der Waals surface area contributed by atoms with Crippen LogP contribution >= 0.6 is 0 Å². The van der Waals surface area contributed by atoms with Crippen molar-refractivity contribution in [3.63, 3.8) is 0 Å². The van der Waals surface area contributed by atoms with Gasteiger partial charge in [0.2, 0.25) is 0 Å². The summed E-state index contributed by atoms with van der Waals surface area (Å²) in [5.41, 5.74) is 0.150. The van der Waals surface area contributed by atoms with Crippen LogP contribution in [0.3, 0.4) is 0 Å². The molecular weight excluding hydrogens is 335 g/mol. The number of ether oxygens (including phenoxy) is 2. The second-order valence-electron chi connectivity index (χ2n) is 7.71. The molecule has 1 N–H and O–H groups in total. The summed E-state index contributed by atoms with van der Waals surface area (Å²) in [6.07, 6.45) is 6.80. The summed E-state index contributed by atoms with van der Waals surface area (Å²) in [5.74, 6) is -0.281. The van der Waals surface area contributed by atoms with Gasteiger partial charge >= 0.3 is 5.97 Å². The lowest BCUT2D eigenvalue weighted by atomic mass is 9.77. The molecule has 1 fully saturated rings. The number of carbonyl (C=O) groups excluding carboxylic acids is 1. The number of hydrogen-bond donors (Lipinski definition) is 1. The van der Waals surface area contributed by atoms with Crippen LogP contribution in [-0.2, 0) is 16.0 Å². The number of aliphatic hydroxyl groups is 1. The molecule has 1 atom stereocenters. The van der Waals surface area contributed by atoms with Crippen LogP contribution in [0.2, 0.25) is 0 Å². The molecule has 1 aromatic rings. The van der Waals surface area contributed by atoms with Gasteiger partial charge in [-0.1, -0.05) is 18.9 Å². The van der Waals surface area contributed by atoms with Gasteiger partial charge in [-0.05, 0) is 63.1 Å². The van der Waals surface area contributed by atoms with Crippen LogP contribution in [0.15, 0.2) is 30.0 Å². The largest absolute Gasteiger partial charge is 0.512 e. The molecule has 1 aromatic carbocycles. The summed E-state index contributed by atoms with van der Waals surface area (Å²) >= 11 is 0. The minimum Gasteiger partial charge on any atom is -0.512 e. The van der Waals surface area contributed by atoms with E-state index in [-0.39, 0.29) is 29.3 Å². The average molecular weight is 362 g/mol. The zero-order chi connectivity index (χ0) is 18.7. The van der Waals surface area contributed by atoms with E-state index >= 15 is 0 Å². The quantitative estimate of drug-likeness (QED) is 0.734. The number of benzene rings is 1. The zero-order valence-electron chi connectivity index (χ0n) is 15.5. The number of aliphatic hydroxyl groups excluding tert-OH is 1. The highest BCUT2D eigenvalue weighted by atomic mass is 19.1. The van der Waals surface area contributed by atoms with Gasteiger partial charge in [-0.2, -0.15) is 0 Å². The zero-order valence-corrected chi connectivity index (χ0v) is 15.5. The minimum atomic E-state index is -0.685. The van der Waals surface area contributed by atoms with E-state index in [0.29, 0.717) is 19.3 Å². The van der Waals surface area contributed by atoms with Crippen LogP contribution in [0, 0.1) is 11.7 Å². The molecular formula is C21H27FO4. The average Bonchev–Trinajstić information content (AvgIpc) is 3.09. The van der Waals surface area contributed by atoms with E-state index in [1.165, 1.54) is 6.07 Å². The first-order chi connectivity index (χ1) is 12.4. The van der Waals surface area contributed by atoms with Crippen LogP contribution in [0.1, 0.15) is 57.9 Å². The van der Waals surface area contributed by atoms with E-state index in [1.807, 2.05) is 19.9 Å². The molecule has 142 valence electrons. The lowest BCUT2D eigenvalue weighted by molar-refractivity contribution is -0.165. The van der Waals surface area contributed by atoms with E-state index in [0.717, 1.165) is 37.3 Å². The van der Waals surface area contributed by atoms with Gasteiger partial charge in [0, 0.05) is 6.42 Å². The highest BCUT2D eigenvalue weighted by molar-refractivity contribution is 5.83. The van der Waals surface area contributed by atoms with Crippen molar-refractivity contribution >= 4 is 5.97 Å². The normalized spacial score (nSPS) is 23.8. The van der Waals surface area contributed by atoms with Crippen molar-refractivity contribution in [3.05, 3.63) is 41.4 Å². The van der Waals surface area contributed by atoms with Crippen molar-refractivity contribution in [1.29, 1.82) is 0 Å². The Balaban J connectivity index is 1.75. The Bertz CT molecular complexity index is 691.